The molecule has 0 spiro atoms. The number of carboxylic acids is 1. The van der Waals surface area contributed by atoms with Crippen LogP contribution in [0.2, 0.25) is 0 Å². The second kappa shape index (κ2) is 4.64. The molecule has 4 heteroatoms. The second-order valence-electron chi connectivity index (χ2n) is 4.31. The minimum absolute atomic E-state index is 0.238. The number of ether oxygens (including phenoxy) is 1. The van der Waals surface area contributed by atoms with Crippen LogP contribution in [0.3, 0.4) is 0 Å². The molecule has 0 aromatic heterocycles. The molecule has 0 bridgehead atoms. The molecule has 15 heavy (non-hydrogen) atoms. The lowest BCUT2D eigenvalue weighted by Gasteiger charge is -2.33. The average molecular weight is 214 g/mol. The number of hydrogen-bond acceptors (Lipinski definition) is 3. The van der Waals surface area contributed by atoms with Crippen LogP contribution < -0.4 is 0 Å². The van der Waals surface area contributed by atoms with Crippen molar-refractivity contribution in [2.75, 3.05) is 6.61 Å². The normalized spacial score (nSPS) is 30.9. The summed E-state index contributed by atoms with van der Waals surface area (Å²) in [5.41, 5.74) is -1.28. The molecule has 0 aliphatic heterocycles. The Balaban J connectivity index is 2.87. The smallest absolute Gasteiger partial charge is 0.323 e. The summed E-state index contributed by atoms with van der Waals surface area (Å²) in [6.45, 7) is 3.91. The van der Waals surface area contributed by atoms with Crippen LogP contribution >= 0.6 is 0 Å². The highest BCUT2D eigenvalue weighted by Gasteiger charge is 2.49. The molecule has 1 aliphatic carbocycles. The quantitative estimate of drug-likeness (QED) is 0.575. The van der Waals surface area contributed by atoms with Gasteiger partial charge in [0.2, 0.25) is 0 Å². The number of rotatable bonds is 3. The molecule has 4 nitrogen and oxygen atoms in total. The van der Waals surface area contributed by atoms with E-state index in [1.54, 1.807) is 6.92 Å². The summed E-state index contributed by atoms with van der Waals surface area (Å²) in [6, 6.07) is 0. The van der Waals surface area contributed by atoms with Crippen molar-refractivity contribution >= 4 is 11.9 Å². The number of aliphatic carboxylic acids is 1. The zero-order valence-electron chi connectivity index (χ0n) is 9.28. The Morgan fingerprint density at radius 3 is 2.67 bits per heavy atom. The molecule has 1 fully saturated rings. The first-order chi connectivity index (χ1) is 7.03. The number of carboxylic acid groups (broad SMARTS) is 1. The topological polar surface area (TPSA) is 63.6 Å². The number of esters is 1. The molecule has 0 heterocycles. The van der Waals surface area contributed by atoms with Crippen LogP contribution in [-0.4, -0.2) is 23.7 Å². The van der Waals surface area contributed by atoms with E-state index in [-0.39, 0.29) is 12.5 Å². The minimum atomic E-state index is -1.28. The van der Waals surface area contributed by atoms with Gasteiger partial charge in [-0.25, -0.2) is 0 Å². The standard InChI is InChI=1S/C11H18O4/c1-3-15-10(14)11(9(12)13)6-4-5-8(2)7-11/h8H,3-7H2,1-2H3,(H,12,13). The van der Waals surface area contributed by atoms with Gasteiger partial charge in [0.15, 0.2) is 5.41 Å². The van der Waals surface area contributed by atoms with Crippen molar-refractivity contribution in [1.82, 2.24) is 0 Å². The average Bonchev–Trinajstić information content (AvgIpc) is 2.17. The van der Waals surface area contributed by atoms with Crippen LogP contribution in [0.1, 0.15) is 39.5 Å². The Morgan fingerprint density at radius 1 is 1.53 bits per heavy atom. The summed E-state index contributed by atoms with van der Waals surface area (Å²) in [4.78, 5) is 22.9. The summed E-state index contributed by atoms with van der Waals surface area (Å²) < 4.78 is 4.87. The van der Waals surface area contributed by atoms with Crippen LogP contribution in [0.4, 0.5) is 0 Å². The zero-order valence-corrected chi connectivity index (χ0v) is 9.28. The van der Waals surface area contributed by atoms with Gasteiger partial charge >= 0.3 is 11.9 Å². The summed E-state index contributed by atoms with van der Waals surface area (Å²) in [5.74, 6) is -1.32. The first-order valence-corrected chi connectivity index (χ1v) is 5.43. The molecular formula is C11H18O4. The lowest BCUT2D eigenvalue weighted by molar-refractivity contribution is -0.172. The van der Waals surface area contributed by atoms with Gasteiger partial charge in [-0.15, -0.1) is 0 Å². The summed E-state index contributed by atoms with van der Waals surface area (Å²) in [7, 11) is 0. The largest absolute Gasteiger partial charge is 0.480 e. The Labute approximate surface area is 89.6 Å². The van der Waals surface area contributed by atoms with Gasteiger partial charge in [0, 0.05) is 0 Å². The van der Waals surface area contributed by atoms with E-state index in [1.807, 2.05) is 6.92 Å². The monoisotopic (exact) mass is 214 g/mol. The lowest BCUT2D eigenvalue weighted by atomic mass is 9.70. The van der Waals surface area contributed by atoms with Crippen molar-refractivity contribution in [1.29, 1.82) is 0 Å². The van der Waals surface area contributed by atoms with Gasteiger partial charge in [-0.2, -0.15) is 0 Å². The maximum absolute atomic E-state index is 11.7. The van der Waals surface area contributed by atoms with E-state index < -0.39 is 17.4 Å². The summed E-state index contributed by atoms with van der Waals surface area (Å²) >= 11 is 0. The van der Waals surface area contributed by atoms with E-state index >= 15 is 0 Å². The first kappa shape index (κ1) is 12.0. The van der Waals surface area contributed by atoms with E-state index in [2.05, 4.69) is 0 Å². The molecular weight excluding hydrogens is 196 g/mol. The number of hydrogen-bond donors (Lipinski definition) is 1. The Kier molecular flexibility index (Phi) is 3.72. The zero-order chi connectivity index (χ0) is 11.5. The van der Waals surface area contributed by atoms with Crippen molar-refractivity contribution in [2.24, 2.45) is 11.3 Å². The van der Waals surface area contributed by atoms with E-state index in [9.17, 15) is 14.7 Å². The van der Waals surface area contributed by atoms with Crippen LogP contribution in [-0.2, 0) is 14.3 Å². The van der Waals surface area contributed by atoms with E-state index in [0.717, 1.165) is 12.8 Å². The van der Waals surface area contributed by atoms with Crippen LogP contribution in [0, 0.1) is 11.3 Å². The number of carbonyl (C=O) groups excluding carboxylic acids is 1. The summed E-state index contributed by atoms with van der Waals surface area (Å²) in [5, 5.41) is 9.20. The van der Waals surface area contributed by atoms with E-state index in [0.29, 0.717) is 12.8 Å². The molecule has 1 rings (SSSR count). The van der Waals surface area contributed by atoms with Crippen LogP contribution in [0.15, 0.2) is 0 Å². The third-order valence-electron chi connectivity index (χ3n) is 3.07. The Bertz CT molecular complexity index is 261. The molecule has 1 saturated carbocycles. The fourth-order valence-corrected chi connectivity index (χ4v) is 2.29. The predicted molar refractivity (Wildman–Crippen MR) is 54.3 cm³/mol. The van der Waals surface area contributed by atoms with Crippen molar-refractivity contribution in [3.8, 4) is 0 Å². The number of carbonyl (C=O) groups is 2. The third kappa shape index (κ3) is 2.30. The van der Waals surface area contributed by atoms with Gasteiger partial charge in [0.1, 0.15) is 0 Å². The van der Waals surface area contributed by atoms with Crippen LogP contribution in [0.25, 0.3) is 0 Å². The van der Waals surface area contributed by atoms with Gasteiger partial charge in [0.05, 0.1) is 6.61 Å². The van der Waals surface area contributed by atoms with E-state index in [1.165, 1.54) is 0 Å². The fourth-order valence-electron chi connectivity index (χ4n) is 2.29. The maximum atomic E-state index is 11.7. The molecule has 0 amide bonds. The lowest BCUT2D eigenvalue weighted by Crippen LogP contribution is -2.44. The van der Waals surface area contributed by atoms with Crippen molar-refractivity contribution in [3.63, 3.8) is 0 Å². The van der Waals surface area contributed by atoms with Crippen molar-refractivity contribution in [2.45, 2.75) is 39.5 Å². The maximum Gasteiger partial charge on any atom is 0.323 e. The molecule has 0 saturated heterocycles. The predicted octanol–water partition coefficient (Wildman–Crippen LogP) is 1.83. The molecule has 86 valence electrons. The van der Waals surface area contributed by atoms with Crippen molar-refractivity contribution < 1.29 is 19.4 Å². The SMILES string of the molecule is CCOC(=O)C1(C(=O)O)CCCC(C)C1. The third-order valence-corrected chi connectivity index (χ3v) is 3.07. The van der Waals surface area contributed by atoms with Crippen LogP contribution in [0.5, 0.6) is 0 Å². The molecule has 2 atom stereocenters. The summed E-state index contributed by atoms with van der Waals surface area (Å²) in [6.07, 6.45) is 2.59. The highest BCUT2D eigenvalue weighted by molar-refractivity contribution is 5.99. The van der Waals surface area contributed by atoms with Gasteiger partial charge in [0.25, 0.3) is 0 Å². The molecule has 0 radical (unpaired) electrons. The van der Waals surface area contributed by atoms with E-state index in [4.69, 9.17) is 4.74 Å². The van der Waals surface area contributed by atoms with Gasteiger partial charge < -0.3 is 9.84 Å². The molecule has 1 N–H and O–H groups in total. The van der Waals surface area contributed by atoms with Gasteiger partial charge in [-0.3, -0.25) is 9.59 Å². The molecule has 0 aromatic carbocycles. The first-order valence-electron chi connectivity index (χ1n) is 5.43. The fraction of sp³-hybridized carbons (Fsp3) is 0.818. The molecule has 0 aromatic rings. The Morgan fingerprint density at radius 2 is 2.20 bits per heavy atom. The van der Waals surface area contributed by atoms with Crippen molar-refractivity contribution in [3.05, 3.63) is 0 Å². The molecule has 2 unspecified atom stereocenters. The Hall–Kier alpha value is -1.06. The minimum Gasteiger partial charge on any atom is -0.480 e. The molecule has 1 aliphatic rings. The van der Waals surface area contributed by atoms with Gasteiger partial charge in [-0.05, 0) is 25.7 Å². The highest BCUT2D eigenvalue weighted by Crippen LogP contribution is 2.40. The second-order valence-corrected chi connectivity index (χ2v) is 4.31. The van der Waals surface area contributed by atoms with Gasteiger partial charge in [-0.1, -0.05) is 19.8 Å². The highest BCUT2D eigenvalue weighted by atomic mass is 16.5.